The van der Waals surface area contributed by atoms with Crippen molar-refractivity contribution in [2.24, 2.45) is 0 Å². The highest BCUT2D eigenvalue weighted by Crippen LogP contribution is 2.06. The van der Waals surface area contributed by atoms with Crippen LogP contribution in [-0.2, 0) is 6.54 Å². The molecule has 2 rings (SSSR count). The molecule has 2 aromatic heterocycles. The third kappa shape index (κ3) is 1.85. The van der Waals surface area contributed by atoms with Crippen LogP contribution in [0.3, 0.4) is 0 Å². The first-order valence-corrected chi connectivity index (χ1v) is 4.19. The van der Waals surface area contributed by atoms with Crippen molar-refractivity contribution in [3.05, 3.63) is 29.7 Å². The fraction of sp³-hybridized carbons (Fsp3) is 0.250. The Hall–Kier alpha value is -2.18. The Morgan fingerprint density at radius 2 is 2.47 bits per heavy atom. The summed E-state index contributed by atoms with van der Waals surface area (Å²) in [7, 11) is 0. The van der Waals surface area contributed by atoms with Gasteiger partial charge in [-0.25, -0.2) is 4.79 Å². The van der Waals surface area contributed by atoms with Crippen molar-refractivity contribution >= 4 is 5.97 Å². The van der Waals surface area contributed by atoms with Crippen molar-refractivity contribution in [2.45, 2.75) is 13.5 Å². The van der Waals surface area contributed by atoms with Gasteiger partial charge in [-0.05, 0) is 6.92 Å². The Morgan fingerprint density at radius 1 is 1.67 bits per heavy atom. The molecule has 7 nitrogen and oxygen atoms in total. The van der Waals surface area contributed by atoms with E-state index in [1.54, 1.807) is 13.1 Å². The summed E-state index contributed by atoms with van der Waals surface area (Å²) in [6, 6.07) is 0. The molecule has 0 aromatic carbocycles. The average Bonchev–Trinajstić information content (AvgIpc) is 2.75. The van der Waals surface area contributed by atoms with Gasteiger partial charge in [-0.1, -0.05) is 5.16 Å². The van der Waals surface area contributed by atoms with Crippen molar-refractivity contribution in [1.82, 2.24) is 19.9 Å². The Bertz CT molecular complexity index is 474. The van der Waals surface area contributed by atoms with Crippen molar-refractivity contribution < 1.29 is 14.4 Å². The normalized spacial score (nSPS) is 10.5. The Balaban J connectivity index is 2.23. The van der Waals surface area contributed by atoms with E-state index in [1.165, 1.54) is 11.1 Å². The molecule has 0 radical (unpaired) electrons. The van der Waals surface area contributed by atoms with Gasteiger partial charge in [0.1, 0.15) is 6.54 Å². The maximum absolute atomic E-state index is 10.7. The summed E-state index contributed by atoms with van der Waals surface area (Å²) in [6.07, 6.45) is 2.84. The van der Waals surface area contributed by atoms with Gasteiger partial charge in [0.05, 0.1) is 0 Å². The second kappa shape index (κ2) is 3.52. The zero-order chi connectivity index (χ0) is 10.8. The monoisotopic (exact) mass is 208 g/mol. The van der Waals surface area contributed by atoms with Crippen LogP contribution in [0.25, 0.3) is 0 Å². The highest BCUT2D eigenvalue weighted by molar-refractivity contribution is 5.86. The minimum absolute atomic E-state index is 0.0403. The van der Waals surface area contributed by atoms with Gasteiger partial charge in [-0.3, -0.25) is 4.68 Å². The summed E-state index contributed by atoms with van der Waals surface area (Å²) in [4.78, 5) is 14.5. The third-order valence-corrected chi connectivity index (χ3v) is 1.86. The van der Waals surface area contributed by atoms with Crippen LogP contribution < -0.4 is 0 Å². The molecule has 0 atom stereocenters. The topological polar surface area (TPSA) is 94.0 Å². The second-order valence-electron chi connectivity index (χ2n) is 3.01. The van der Waals surface area contributed by atoms with Crippen LogP contribution in [0.1, 0.15) is 21.9 Å². The molecule has 0 amide bonds. The molecule has 0 saturated carbocycles. The molecule has 0 unspecified atom stereocenters. The molecule has 0 bridgehead atoms. The molecule has 0 aliphatic heterocycles. The summed E-state index contributed by atoms with van der Waals surface area (Å²) in [6.45, 7) is 1.98. The minimum Gasteiger partial charge on any atom is -0.476 e. The molecule has 0 fully saturated rings. The smallest absolute Gasteiger partial charge is 0.356 e. The number of aromatic nitrogens is 4. The van der Waals surface area contributed by atoms with Crippen LogP contribution in [0.4, 0.5) is 0 Å². The van der Waals surface area contributed by atoms with Crippen LogP contribution >= 0.6 is 0 Å². The second-order valence-corrected chi connectivity index (χ2v) is 3.01. The van der Waals surface area contributed by atoms with Crippen molar-refractivity contribution in [3.63, 3.8) is 0 Å². The number of aromatic carboxylic acids is 1. The van der Waals surface area contributed by atoms with E-state index in [2.05, 4.69) is 19.8 Å². The van der Waals surface area contributed by atoms with Crippen LogP contribution in [0.5, 0.6) is 0 Å². The highest BCUT2D eigenvalue weighted by Gasteiger charge is 2.12. The standard InChI is InChI=1S/C8H8N4O3/c1-5-2-12(10-7(5)8(13)14)3-6-9-4-15-11-6/h2,4H,3H2,1H3,(H,13,14). The van der Waals surface area contributed by atoms with Gasteiger partial charge in [-0.2, -0.15) is 10.1 Å². The number of rotatable bonds is 3. The molecule has 0 saturated heterocycles. The molecule has 2 aromatic rings. The van der Waals surface area contributed by atoms with Gasteiger partial charge in [0.15, 0.2) is 11.5 Å². The lowest BCUT2D eigenvalue weighted by Crippen LogP contribution is -2.05. The number of carboxylic acids is 1. The quantitative estimate of drug-likeness (QED) is 0.780. The maximum Gasteiger partial charge on any atom is 0.356 e. The Kier molecular flexibility index (Phi) is 2.20. The summed E-state index contributed by atoms with van der Waals surface area (Å²) >= 11 is 0. The Labute approximate surface area is 84.3 Å². The SMILES string of the molecule is Cc1cn(Cc2ncon2)nc1C(=O)O. The number of carbonyl (C=O) groups is 1. The summed E-state index contributed by atoms with van der Waals surface area (Å²) < 4.78 is 6.01. The fourth-order valence-corrected chi connectivity index (χ4v) is 1.22. The lowest BCUT2D eigenvalue weighted by atomic mass is 10.3. The summed E-state index contributed by atoms with van der Waals surface area (Å²) in [5.41, 5.74) is 0.643. The van der Waals surface area contributed by atoms with E-state index in [-0.39, 0.29) is 5.69 Å². The lowest BCUT2D eigenvalue weighted by Gasteiger charge is -1.93. The van der Waals surface area contributed by atoms with Gasteiger partial charge in [-0.15, -0.1) is 0 Å². The molecule has 15 heavy (non-hydrogen) atoms. The lowest BCUT2D eigenvalue weighted by molar-refractivity contribution is 0.0688. The van der Waals surface area contributed by atoms with Crippen LogP contribution in [0.15, 0.2) is 17.1 Å². The maximum atomic E-state index is 10.7. The molecule has 0 aliphatic rings. The first-order valence-electron chi connectivity index (χ1n) is 4.19. The number of nitrogens with zero attached hydrogens (tertiary/aromatic N) is 4. The molecule has 2 heterocycles. The van der Waals surface area contributed by atoms with Gasteiger partial charge in [0, 0.05) is 11.8 Å². The van der Waals surface area contributed by atoms with E-state index in [0.717, 1.165) is 0 Å². The van der Waals surface area contributed by atoms with Gasteiger partial charge in [0.25, 0.3) is 0 Å². The largest absolute Gasteiger partial charge is 0.476 e. The molecule has 7 heteroatoms. The summed E-state index contributed by atoms with van der Waals surface area (Å²) in [5, 5.41) is 16.3. The van der Waals surface area contributed by atoms with E-state index in [0.29, 0.717) is 17.9 Å². The molecule has 78 valence electrons. The molecule has 0 aliphatic carbocycles. The van der Waals surface area contributed by atoms with Gasteiger partial charge in [0.2, 0.25) is 6.39 Å². The number of hydrogen-bond donors (Lipinski definition) is 1. The minimum atomic E-state index is -1.04. The molecular formula is C8H8N4O3. The van der Waals surface area contributed by atoms with E-state index >= 15 is 0 Å². The number of hydrogen-bond acceptors (Lipinski definition) is 5. The molecular weight excluding hydrogens is 200 g/mol. The zero-order valence-electron chi connectivity index (χ0n) is 7.91. The predicted octanol–water partition coefficient (Wildman–Crippen LogP) is 0.321. The van der Waals surface area contributed by atoms with Gasteiger partial charge >= 0.3 is 5.97 Å². The van der Waals surface area contributed by atoms with Crippen LogP contribution in [-0.4, -0.2) is 31.0 Å². The summed E-state index contributed by atoms with van der Waals surface area (Å²) in [5.74, 6) is -0.589. The van der Waals surface area contributed by atoms with E-state index in [1.807, 2.05) is 0 Å². The highest BCUT2D eigenvalue weighted by atomic mass is 16.5. The first-order chi connectivity index (χ1) is 7.16. The predicted molar refractivity (Wildman–Crippen MR) is 47.3 cm³/mol. The van der Waals surface area contributed by atoms with Crippen LogP contribution in [0, 0.1) is 6.92 Å². The van der Waals surface area contributed by atoms with E-state index < -0.39 is 5.97 Å². The molecule has 1 N–H and O–H groups in total. The number of carboxylic acid groups (broad SMARTS) is 1. The van der Waals surface area contributed by atoms with Crippen molar-refractivity contribution in [3.8, 4) is 0 Å². The fourth-order valence-electron chi connectivity index (χ4n) is 1.22. The first kappa shape index (κ1) is 9.38. The average molecular weight is 208 g/mol. The van der Waals surface area contributed by atoms with Gasteiger partial charge < -0.3 is 9.63 Å². The third-order valence-electron chi connectivity index (χ3n) is 1.86. The van der Waals surface area contributed by atoms with E-state index in [9.17, 15) is 4.79 Å². The van der Waals surface area contributed by atoms with Crippen molar-refractivity contribution in [2.75, 3.05) is 0 Å². The van der Waals surface area contributed by atoms with E-state index in [4.69, 9.17) is 5.11 Å². The van der Waals surface area contributed by atoms with Crippen molar-refractivity contribution in [1.29, 1.82) is 0 Å². The Morgan fingerprint density at radius 3 is 3.00 bits per heavy atom. The molecule has 0 spiro atoms. The number of aryl methyl sites for hydroxylation is 1. The zero-order valence-corrected chi connectivity index (χ0v) is 7.91. The van der Waals surface area contributed by atoms with Crippen LogP contribution in [0.2, 0.25) is 0 Å².